The number of aromatic amines is 1. The summed E-state index contributed by atoms with van der Waals surface area (Å²) >= 11 is 0. The quantitative estimate of drug-likeness (QED) is 0.742. The molecule has 1 aromatic carbocycles. The molecule has 2 heterocycles. The second-order valence-electron chi connectivity index (χ2n) is 4.22. The Bertz CT molecular complexity index is 788. The van der Waals surface area contributed by atoms with E-state index in [1.165, 1.54) is 16.8 Å². The van der Waals surface area contributed by atoms with Gasteiger partial charge >= 0.3 is 5.97 Å². The van der Waals surface area contributed by atoms with Gasteiger partial charge in [0.05, 0.1) is 11.9 Å². The lowest BCUT2D eigenvalue weighted by molar-refractivity contribution is 0.0691. The lowest BCUT2D eigenvalue weighted by atomic mass is 10.1. The van der Waals surface area contributed by atoms with Gasteiger partial charge in [0, 0.05) is 11.1 Å². The first-order chi connectivity index (χ1) is 9.08. The maximum absolute atomic E-state index is 13.8. The second-order valence-corrected chi connectivity index (χ2v) is 4.22. The van der Waals surface area contributed by atoms with Gasteiger partial charge < -0.3 is 5.11 Å². The Balaban J connectivity index is 2.22. The van der Waals surface area contributed by atoms with Gasteiger partial charge in [0.1, 0.15) is 5.82 Å². The van der Waals surface area contributed by atoms with E-state index < -0.39 is 5.97 Å². The smallest absolute Gasteiger partial charge is 0.356 e. The number of nitrogens with zero attached hydrogens (tertiary/aromatic N) is 2. The molecule has 0 bridgehead atoms. The third-order valence-corrected chi connectivity index (χ3v) is 3.01. The van der Waals surface area contributed by atoms with Crippen molar-refractivity contribution in [2.24, 2.45) is 0 Å². The Morgan fingerprint density at radius 2 is 2.16 bits per heavy atom. The largest absolute Gasteiger partial charge is 0.476 e. The van der Waals surface area contributed by atoms with Gasteiger partial charge in [0.15, 0.2) is 11.3 Å². The highest BCUT2D eigenvalue weighted by Crippen LogP contribution is 2.27. The average molecular weight is 259 g/mol. The summed E-state index contributed by atoms with van der Waals surface area (Å²) in [4.78, 5) is 14.8. The molecule has 0 aliphatic rings. The van der Waals surface area contributed by atoms with Crippen LogP contribution >= 0.6 is 0 Å². The molecule has 6 heteroatoms. The summed E-state index contributed by atoms with van der Waals surface area (Å²) < 4.78 is 15.2. The summed E-state index contributed by atoms with van der Waals surface area (Å²) in [6.45, 7) is 1.77. The summed E-state index contributed by atoms with van der Waals surface area (Å²) in [6.07, 6.45) is 1.37. The van der Waals surface area contributed by atoms with Gasteiger partial charge in [-0.1, -0.05) is 12.1 Å². The second kappa shape index (κ2) is 3.94. The van der Waals surface area contributed by atoms with Gasteiger partial charge in [-0.2, -0.15) is 0 Å². The monoisotopic (exact) mass is 259 g/mol. The van der Waals surface area contributed by atoms with Crippen LogP contribution in [0.15, 0.2) is 30.5 Å². The maximum Gasteiger partial charge on any atom is 0.356 e. The number of carboxylic acid groups (broad SMARTS) is 1. The van der Waals surface area contributed by atoms with E-state index in [0.717, 1.165) is 0 Å². The average Bonchev–Trinajstić information content (AvgIpc) is 2.91. The molecule has 96 valence electrons. The number of rotatable bonds is 2. The van der Waals surface area contributed by atoms with Crippen LogP contribution < -0.4 is 0 Å². The third kappa shape index (κ3) is 1.69. The normalized spacial score (nSPS) is 11.1. The molecular weight excluding hydrogens is 249 g/mol. The topological polar surface area (TPSA) is 70.4 Å². The van der Waals surface area contributed by atoms with E-state index in [-0.39, 0.29) is 11.5 Å². The van der Waals surface area contributed by atoms with E-state index in [1.54, 1.807) is 25.1 Å². The van der Waals surface area contributed by atoms with Crippen LogP contribution in [0.2, 0.25) is 0 Å². The number of carboxylic acids is 1. The fraction of sp³-hybridized carbons (Fsp3) is 0.0769. The standard InChI is InChI=1S/C13H10FN3O2/c1-7-11(8-4-2-3-5-9(8)14)16-17-6-10(13(18)19)15-12(7)17/h2-6,16H,1H3,(H,18,19). The Labute approximate surface area is 107 Å². The molecule has 0 radical (unpaired) electrons. The lowest BCUT2D eigenvalue weighted by Gasteiger charge is -2.00. The van der Waals surface area contributed by atoms with Crippen molar-refractivity contribution < 1.29 is 14.3 Å². The van der Waals surface area contributed by atoms with Gasteiger partial charge in [-0.25, -0.2) is 18.7 Å². The molecule has 0 aliphatic heterocycles. The maximum atomic E-state index is 13.8. The molecule has 2 aromatic heterocycles. The highest BCUT2D eigenvalue weighted by atomic mass is 19.1. The number of nitrogens with one attached hydrogen (secondary N) is 1. The van der Waals surface area contributed by atoms with Crippen LogP contribution in [0.25, 0.3) is 16.9 Å². The first-order valence-electron chi connectivity index (χ1n) is 5.64. The number of halogens is 1. The van der Waals surface area contributed by atoms with Gasteiger partial charge in [0.2, 0.25) is 0 Å². The Hall–Kier alpha value is -2.63. The predicted octanol–water partition coefficient (Wildman–Crippen LogP) is 2.48. The SMILES string of the molecule is Cc1c(-c2ccccc2F)[nH]n2cc(C(=O)O)nc12. The van der Waals surface area contributed by atoms with Crippen molar-refractivity contribution >= 4 is 11.6 Å². The molecule has 3 rings (SSSR count). The van der Waals surface area contributed by atoms with E-state index in [4.69, 9.17) is 5.11 Å². The molecule has 0 amide bonds. The number of hydrogen-bond acceptors (Lipinski definition) is 2. The van der Waals surface area contributed by atoms with Crippen molar-refractivity contribution in [2.75, 3.05) is 0 Å². The number of carbonyl (C=O) groups is 1. The minimum absolute atomic E-state index is 0.0468. The van der Waals surface area contributed by atoms with E-state index in [2.05, 4.69) is 10.1 Å². The zero-order valence-corrected chi connectivity index (χ0v) is 10.0. The van der Waals surface area contributed by atoms with E-state index >= 15 is 0 Å². The van der Waals surface area contributed by atoms with Gasteiger partial charge in [-0.05, 0) is 19.1 Å². The predicted molar refractivity (Wildman–Crippen MR) is 66.6 cm³/mol. The fourth-order valence-corrected chi connectivity index (χ4v) is 2.08. The molecule has 3 aromatic rings. The Morgan fingerprint density at radius 1 is 1.42 bits per heavy atom. The molecule has 0 saturated heterocycles. The number of aryl methyl sites for hydroxylation is 1. The van der Waals surface area contributed by atoms with Crippen molar-refractivity contribution in [2.45, 2.75) is 6.92 Å². The summed E-state index contributed by atoms with van der Waals surface area (Å²) in [5.41, 5.74) is 2.17. The number of fused-ring (bicyclic) bond motifs is 1. The van der Waals surface area contributed by atoms with Crippen LogP contribution in [-0.4, -0.2) is 25.7 Å². The molecule has 5 nitrogen and oxygen atoms in total. The minimum Gasteiger partial charge on any atom is -0.476 e. The van der Waals surface area contributed by atoms with Crippen LogP contribution in [0.3, 0.4) is 0 Å². The van der Waals surface area contributed by atoms with Crippen molar-refractivity contribution in [3.05, 3.63) is 47.5 Å². The number of hydrogen-bond donors (Lipinski definition) is 2. The van der Waals surface area contributed by atoms with Crippen molar-refractivity contribution in [3.63, 3.8) is 0 Å². The molecule has 0 fully saturated rings. The number of imidazole rings is 1. The zero-order valence-electron chi connectivity index (χ0n) is 10.0. The van der Waals surface area contributed by atoms with Gasteiger partial charge in [0.25, 0.3) is 0 Å². The van der Waals surface area contributed by atoms with Crippen LogP contribution in [0.5, 0.6) is 0 Å². The summed E-state index contributed by atoms with van der Waals surface area (Å²) in [5.74, 6) is -1.43. The van der Waals surface area contributed by atoms with Crippen LogP contribution in [0, 0.1) is 12.7 Å². The highest BCUT2D eigenvalue weighted by Gasteiger charge is 2.17. The molecule has 0 spiro atoms. The number of aromatic nitrogens is 3. The van der Waals surface area contributed by atoms with E-state index in [0.29, 0.717) is 22.5 Å². The highest BCUT2D eigenvalue weighted by molar-refractivity contribution is 5.86. The zero-order chi connectivity index (χ0) is 13.6. The Kier molecular flexibility index (Phi) is 2.38. The summed E-state index contributed by atoms with van der Waals surface area (Å²) in [7, 11) is 0. The molecule has 19 heavy (non-hydrogen) atoms. The van der Waals surface area contributed by atoms with Crippen LogP contribution in [0.1, 0.15) is 16.1 Å². The molecule has 0 aliphatic carbocycles. The Morgan fingerprint density at radius 3 is 2.79 bits per heavy atom. The fourth-order valence-electron chi connectivity index (χ4n) is 2.08. The molecule has 0 saturated carbocycles. The lowest BCUT2D eigenvalue weighted by Crippen LogP contribution is -1.96. The summed E-state index contributed by atoms with van der Waals surface area (Å²) in [5, 5.41) is 11.8. The van der Waals surface area contributed by atoms with E-state index in [1.807, 2.05) is 0 Å². The summed E-state index contributed by atoms with van der Waals surface area (Å²) in [6, 6.07) is 6.39. The molecule has 0 atom stereocenters. The number of H-pyrrole nitrogens is 1. The third-order valence-electron chi connectivity index (χ3n) is 3.01. The van der Waals surface area contributed by atoms with Crippen LogP contribution in [-0.2, 0) is 0 Å². The van der Waals surface area contributed by atoms with Gasteiger partial charge in [-0.3, -0.25) is 5.10 Å². The molecule has 2 N–H and O–H groups in total. The van der Waals surface area contributed by atoms with Crippen molar-refractivity contribution in [1.29, 1.82) is 0 Å². The van der Waals surface area contributed by atoms with Gasteiger partial charge in [-0.15, -0.1) is 0 Å². The van der Waals surface area contributed by atoms with Crippen molar-refractivity contribution in [3.8, 4) is 11.3 Å². The minimum atomic E-state index is -1.09. The van der Waals surface area contributed by atoms with Crippen LogP contribution in [0.4, 0.5) is 4.39 Å². The number of aromatic carboxylic acids is 1. The van der Waals surface area contributed by atoms with Crippen molar-refractivity contribution in [1.82, 2.24) is 14.6 Å². The molecule has 0 unspecified atom stereocenters. The molecular formula is C13H10FN3O2. The first-order valence-corrected chi connectivity index (χ1v) is 5.64. The number of benzene rings is 1. The first kappa shape index (κ1) is 11.5. The van der Waals surface area contributed by atoms with E-state index in [9.17, 15) is 9.18 Å².